The molecule has 3 fully saturated rings. The lowest BCUT2D eigenvalue weighted by atomic mass is 9.87. The largest absolute Gasteiger partial charge is 0.453 e. The van der Waals surface area contributed by atoms with E-state index in [1.54, 1.807) is 21.9 Å². The maximum Gasteiger partial charge on any atom is 0.407 e. The summed E-state index contributed by atoms with van der Waals surface area (Å²) in [7, 11) is 2.52. The normalized spacial score (nSPS) is 20.9. The number of likely N-dealkylation sites (tertiary alicyclic amines) is 2. The molecule has 2 aromatic heterocycles. The fraction of sp³-hybridized carbons (Fsp3) is 0.520. The van der Waals surface area contributed by atoms with Crippen LogP contribution in [0.5, 0.6) is 0 Å². The Balaban J connectivity index is 1.12. The van der Waals surface area contributed by atoms with Gasteiger partial charge in [-0.15, -0.1) is 0 Å². The monoisotopic (exact) mass is 923 g/mol. The number of H-pyrrole nitrogens is 2. The number of nitrogens with one attached hydrogen (secondary N) is 4. The van der Waals surface area contributed by atoms with Crippen LogP contribution in [-0.4, -0.2) is 93.1 Å². The van der Waals surface area contributed by atoms with E-state index in [4.69, 9.17) is 19.4 Å². The van der Waals surface area contributed by atoms with Crippen molar-refractivity contribution in [2.45, 2.75) is 129 Å². The number of ether oxygens (including phenoxy) is 2. The number of amides is 4. The molecule has 17 heteroatoms. The number of rotatable bonds is 11. The topological polar surface area (TPSA) is 178 Å². The highest BCUT2D eigenvalue weighted by molar-refractivity contribution is 5.88. The number of methoxy groups -OCH3 is 2. The van der Waals surface area contributed by atoms with Crippen molar-refractivity contribution in [3.63, 3.8) is 0 Å². The Kier molecular flexibility index (Phi) is 13.2. The minimum atomic E-state index is -0.796. The van der Waals surface area contributed by atoms with Gasteiger partial charge in [0.2, 0.25) is 11.8 Å². The van der Waals surface area contributed by atoms with Crippen molar-refractivity contribution in [2.24, 2.45) is 11.8 Å². The highest BCUT2D eigenvalue weighted by Gasteiger charge is 2.42. The average molecular weight is 924 g/mol. The lowest BCUT2D eigenvalue weighted by Crippen LogP contribution is -2.51. The van der Waals surface area contributed by atoms with Crippen molar-refractivity contribution in [3.05, 3.63) is 88.5 Å². The molecular weight excluding hydrogens is 861 g/mol. The molecule has 0 aliphatic carbocycles. The van der Waals surface area contributed by atoms with E-state index < -0.39 is 60.1 Å². The minimum absolute atomic E-state index is 0.118. The Morgan fingerprint density at radius 2 is 1.10 bits per heavy atom. The van der Waals surface area contributed by atoms with Crippen LogP contribution in [0, 0.1) is 23.5 Å². The lowest BCUT2D eigenvalue weighted by molar-refractivity contribution is -0.136. The van der Waals surface area contributed by atoms with E-state index in [9.17, 15) is 19.2 Å². The summed E-state index contributed by atoms with van der Waals surface area (Å²) in [6.45, 7) is 14.8. The van der Waals surface area contributed by atoms with Crippen LogP contribution < -0.4 is 15.5 Å². The number of aromatic nitrogens is 4. The summed E-state index contributed by atoms with van der Waals surface area (Å²) >= 11 is 0. The molecule has 0 saturated carbocycles. The number of hydrogen-bond acceptors (Lipinski definition) is 9. The second kappa shape index (κ2) is 18.8. The summed E-state index contributed by atoms with van der Waals surface area (Å²) in [5.74, 6) is -0.678. The number of carbonyl (C=O) groups excluding carboxylic acids is 4. The molecule has 4 amide bonds. The molecule has 3 aromatic carbocycles. The fourth-order valence-electron chi connectivity index (χ4n) is 10.3. The number of carbonyl (C=O) groups is 4. The van der Waals surface area contributed by atoms with Crippen LogP contribution in [-0.2, 0) is 24.5 Å². The van der Waals surface area contributed by atoms with Gasteiger partial charge < -0.3 is 44.8 Å². The molecule has 0 bridgehead atoms. The molecule has 358 valence electrons. The van der Waals surface area contributed by atoms with Crippen LogP contribution in [0.3, 0.4) is 0 Å². The summed E-state index contributed by atoms with van der Waals surface area (Å²) in [6.07, 6.45) is 2.42. The summed E-state index contributed by atoms with van der Waals surface area (Å²) in [4.78, 5) is 74.1. The molecule has 5 heterocycles. The van der Waals surface area contributed by atoms with Crippen molar-refractivity contribution in [3.8, 4) is 0 Å². The average Bonchev–Trinajstić information content (AvgIpc) is 4.15. The lowest BCUT2D eigenvalue weighted by Gasteiger charge is -2.34. The molecular formula is C50H63F2N9O6. The maximum atomic E-state index is 16.7. The van der Waals surface area contributed by atoms with Gasteiger partial charge in [0, 0.05) is 36.0 Å². The van der Waals surface area contributed by atoms with Gasteiger partial charge in [-0.1, -0.05) is 60.6 Å². The second-order valence-corrected chi connectivity index (χ2v) is 19.9. The quantitative estimate of drug-likeness (QED) is 0.101. The minimum Gasteiger partial charge on any atom is -0.453 e. The van der Waals surface area contributed by atoms with Crippen LogP contribution in [0.4, 0.5) is 24.1 Å². The van der Waals surface area contributed by atoms with E-state index in [0.29, 0.717) is 83.6 Å². The molecule has 6 atom stereocenters. The molecule has 0 radical (unpaired) electrons. The highest BCUT2D eigenvalue weighted by atomic mass is 19.1. The summed E-state index contributed by atoms with van der Waals surface area (Å²) in [5.41, 5.74) is 4.75. The van der Waals surface area contributed by atoms with E-state index in [0.717, 1.165) is 24.1 Å². The van der Waals surface area contributed by atoms with E-state index in [-0.39, 0.29) is 29.1 Å². The number of fused-ring (bicyclic) bond motifs is 2. The smallest absolute Gasteiger partial charge is 0.407 e. The molecule has 67 heavy (non-hydrogen) atoms. The van der Waals surface area contributed by atoms with Gasteiger partial charge in [0.15, 0.2) is 0 Å². The Morgan fingerprint density at radius 1 is 0.657 bits per heavy atom. The standard InChI is InChI=1S/C50H63F2N9O6/c1-26(2)42(57-48(64)66-8)46(62)59-20-10-12-40(59)44-53-34-22-30(32(51)24-36(34)55-44)38-18-19-39(61(38)29-16-14-28(15-17-29)50(5,6)7)31-23-35-37(25-33(31)52)56-45(54-35)41-13-11-21-60(41)47(63)43(27(3)4)58-49(65)67-9/h14-17,22-27,38-43H,10-13,18-21H2,1-9H3,(H,53,55)(H,54,56)(H,57,64)(H,58,65)/t38-,39+,40-,41-,42-,43-/m0/s1. The first-order valence-electron chi connectivity index (χ1n) is 23.4. The molecule has 5 aromatic rings. The van der Waals surface area contributed by atoms with Crippen LogP contribution in [0.1, 0.15) is 139 Å². The number of aromatic amines is 2. The number of anilines is 1. The first-order valence-corrected chi connectivity index (χ1v) is 23.4. The van der Waals surface area contributed by atoms with Gasteiger partial charge in [-0.2, -0.15) is 0 Å². The number of imidazole rings is 2. The van der Waals surface area contributed by atoms with Gasteiger partial charge in [0.05, 0.1) is 60.5 Å². The van der Waals surface area contributed by atoms with E-state index in [1.165, 1.54) is 26.4 Å². The van der Waals surface area contributed by atoms with Gasteiger partial charge in [0.1, 0.15) is 35.4 Å². The Hall–Kier alpha value is -6.26. The van der Waals surface area contributed by atoms with Crippen molar-refractivity contribution in [1.82, 2.24) is 40.4 Å². The third-order valence-corrected chi connectivity index (χ3v) is 13.9. The third-order valence-electron chi connectivity index (χ3n) is 13.9. The van der Waals surface area contributed by atoms with Crippen LogP contribution in [0.25, 0.3) is 22.1 Å². The fourth-order valence-corrected chi connectivity index (χ4v) is 10.3. The molecule has 3 aliphatic rings. The molecule has 4 N–H and O–H groups in total. The van der Waals surface area contributed by atoms with Crippen LogP contribution in [0.2, 0.25) is 0 Å². The first kappa shape index (κ1) is 47.2. The number of benzene rings is 3. The Bertz CT molecular complexity index is 2510. The van der Waals surface area contributed by atoms with Crippen molar-refractivity contribution in [2.75, 3.05) is 32.2 Å². The number of halogens is 2. The first-order chi connectivity index (χ1) is 31.9. The zero-order valence-corrected chi connectivity index (χ0v) is 39.8. The summed E-state index contributed by atoms with van der Waals surface area (Å²) in [5, 5.41) is 5.36. The zero-order chi connectivity index (χ0) is 48.1. The van der Waals surface area contributed by atoms with Gasteiger partial charge in [-0.25, -0.2) is 28.3 Å². The van der Waals surface area contributed by atoms with Crippen molar-refractivity contribution >= 4 is 51.8 Å². The molecule has 8 rings (SSSR count). The van der Waals surface area contributed by atoms with E-state index in [2.05, 4.69) is 58.4 Å². The molecule has 3 saturated heterocycles. The van der Waals surface area contributed by atoms with Crippen molar-refractivity contribution < 1.29 is 37.4 Å². The van der Waals surface area contributed by atoms with Crippen LogP contribution >= 0.6 is 0 Å². The van der Waals surface area contributed by atoms with E-state index >= 15 is 8.78 Å². The molecule has 0 unspecified atom stereocenters. The zero-order valence-electron chi connectivity index (χ0n) is 39.8. The van der Waals surface area contributed by atoms with Crippen LogP contribution in [0.15, 0.2) is 48.5 Å². The third kappa shape index (κ3) is 9.25. The number of alkyl carbamates (subject to hydrolysis) is 2. The predicted molar refractivity (Wildman–Crippen MR) is 250 cm³/mol. The molecule has 0 spiro atoms. The van der Waals surface area contributed by atoms with Gasteiger partial charge in [-0.05, 0) is 91.7 Å². The van der Waals surface area contributed by atoms with Crippen molar-refractivity contribution in [1.29, 1.82) is 0 Å². The predicted octanol–water partition coefficient (Wildman–Crippen LogP) is 9.19. The van der Waals surface area contributed by atoms with Gasteiger partial charge in [-0.3, -0.25) is 9.59 Å². The highest BCUT2D eigenvalue weighted by Crippen LogP contribution is 2.49. The number of hydrogen-bond donors (Lipinski definition) is 4. The summed E-state index contributed by atoms with van der Waals surface area (Å²) in [6, 6.07) is 11.3. The summed E-state index contributed by atoms with van der Waals surface area (Å²) < 4.78 is 43.0. The number of nitrogens with zero attached hydrogens (tertiary/aromatic N) is 5. The Morgan fingerprint density at radius 3 is 1.57 bits per heavy atom. The molecule has 3 aliphatic heterocycles. The van der Waals surface area contributed by atoms with E-state index in [1.807, 2.05) is 39.8 Å². The SMILES string of the molecule is COC(=O)N[C@H](C(=O)N1CCC[C@H]1c1nc2cc([C@H]3CC[C@@H](c4cc5[nH]c([C@@H]6CCCN6C(=O)[C@@H](NC(=O)OC)C(C)C)nc5cc4F)N3c3ccc(C(C)(C)C)cc3)c(F)cc2[nH]1)C(C)C. The van der Waals surface area contributed by atoms with Gasteiger partial charge in [0.25, 0.3) is 0 Å². The second-order valence-electron chi connectivity index (χ2n) is 19.9. The Labute approximate surface area is 389 Å². The van der Waals surface area contributed by atoms with Gasteiger partial charge >= 0.3 is 12.2 Å². The molecule has 15 nitrogen and oxygen atoms in total. The maximum absolute atomic E-state index is 16.7.